The van der Waals surface area contributed by atoms with Crippen molar-refractivity contribution in [2.75, 3.05) is 6.61 Å². The standard InChI is InChI=1S/C25H27IN2O2S/c1-18(22-17-27(2)24(30)23-21(22)11-14-28(23)31-26)8-9-19-10-12-25(16-19,13-15-29)20-6-4-3-5-7-20/h3-9,11,14,17,29H,10,12-13,15-16H2,1-2H3/b18-8+,19-9-. The lowest BCUT2D eigenvalue weighted by molar-refractivity contribution is 0.239. The molecule has 1 unspecified atom stereocenters. The Balaban J connectivity index is 1.67. The molecule has 4 nitrogen and oxygen atoms in total. The van der Waals surface area contributed by atoms with Crippen LogP contribution in [0.5, 0.6) is 0 Å². The highest BCUT2D eigenvalue weighted by Crippen LogP contribution is 2.46. The molecule has 4 rings (SSSR count). The summed E-state index contributed by atoms with van der Waals surface area (Å²) in [4.78, 5) is 12.7. The molecule has 3 aromatic rings. The third-order valence-corrected chi connectivity index (χ3v) is 8.25. The van der Waals surface area contributed by atoms with Crippen molar-refractivity contribution in [2.24, 2.45) is 7.05 Å². The minimum Gasteiger partial charge on any atom is -0.396 e. The highest BCUT2D eigenvalue weighted by Gasteiger charge is 2.37. The van der Waals surface area contributed by atoms with E-state index in [0.29, 0.717) is 0 Å². The van der Waals surface area contributed by atoms with Gasteiger partial charge in [-0.15, -0.1) is 0 Å². The van der Waals surface area contributed by atoms with Crippen LogP contribution in [-0.4, -0.2) is 20.3 Å². The fraction of sp³-hybridized carbons (Fsp3) is 0.320. The van der Waals surface area contributed by atoms with Crippen molar-refractivity contribution in [3.8, 4) is 0 Å². The average molecular weight is 546 g/mol. The third-order valence-electron chi connectivity index (χ3n) is 6.52. The van der Waals surface area contributed by atoms with Gasteiger partial charge in [-0.25, -0.2) is 0 Å². The van der Waals surface area contributed by atoms with Gasteiger partial charge in [-0.3, -0.25) is 8.77 Å². The van der Waals surface area contributed by atoms with Crippen molar-refractivity contribution in [1.82, 2.24) is 8.54 Å². The van der Waals surface area contributed by atoms with Crippen LogP contribution < -0.4 is 5.56 Å². The van der Waals surface area contributed by atoms with Gasteiger partial charge in [0, 0.05) is 72.7 Å². The molecule has 1 N–H and O–H groups in total. The summed E-state index contributed by atoms with van der Waals surface area (Å²) >= 11 is 2.20. The Bertz CT molecular complexity index is 1210. The van der Waals surface area contributed by atoms with E-state index < -0.39 is 0 Å². The van der Waals surface area contributed by atoms with E-state index in [0.717, 1.165) is 47.7 Å². The predicted octanol–water partition coefficient (Wildman–Crippen LogP) is 6.02. The molecule has 0 aliphatic heterocycles. The van der Waals surface area contributed by atoms with Gasteiger partial charge in [0.05, 0.1) is 0 Å². The number of rotatable bonds is 6. The van der Waals surface area contributed by atoms with Crippen LogP contribution in [0.25, 0.3) is 16.5 Å². The molecule has 1 saturated carbocycles. The minimum absolute atomic E-state index is 0.0199. The molecule has 162 valence electrons. The van der Waals surface area contributed by atoms with Crippen molar-refractivity contribution in [3.05, 3.63) is 88.0 Å². The number of allylic oxidation sites excluding steroid dienone is 4. The van der Waals surface area contributed by atoms with E-state index in [2.05, 4.69) is 64.5 Å². The molecule has 1 aliphatic carbocycles. The van der Waals surface area contributed by atoms with Gasteiger partial charge in [-0.05, 0) is 49.8 Å². The Morgan fingerprint density at radius 2 is 2.06 bits per heavy atom. The summed E-state index contributed by atoms with van der Waals surface area (Å²) in [6, 6.07) is 12.6. The molecule has 31 heavy (non-hydrogen) atoms. The summed E-state index contributed by atoms with van der Waals surface area (Å²) in [6.07, 6.45) is 12.2. The van der Waals surface area contributed by atoms with E-state index >= 15 is 0 Å². The zero-order valence-corrected chi connectivity index (χ0v) is 20.8. The molecule has 0 saturated heterocycles. The molecule has 0 amide bonds. The average Bonchev–Trinajstić information content (AvgIpc) is 3.41. The van der Waals surface area contributed by atoms with Crippen molar-refractivity contribution < 1.29 is 5.11 Å². The van der Waals surface area contributed by atoms with Gasteiger partial charge >= 0.3 is 0 Å². The Morgan fingerprint density at radius 1 is 1.29 bits per heavy atom. The number of hydrogen-bond acceptors (Lipinski definition) is 3. The van der Waals surface area contributed by atoms with Crippen LogP contribution in [0, 0.1) is 0 Å². The van der Waals surface area contributed by atoms with Crippen LogP contribution in [0.15, 0.2) is 71.3 Å². The van der Waals surface area contributed by atoms with Crippen LogP contribution in [0.2, 0.25) is 0 Å². The van der Waals surface area contributed by atoms with Gasteiger partial charge in [0.15, 0.2) is 0 Å². The lowest BCUT2D eigenvalue weighted by Gasteiger charge is -2.28. The lowest BCUT2D eigenvalue weighted by atomic mass is 9.76. The third kappa shape index (κ3) is 4.30. The van der Waals surface area contributed by atoms with E-state index in [9.17, 15) is 9.90 Å². The summed E-state index contributed by atoms with van der Waals surface area (Å²) in [7, 11) is 3.32. The summed E-state index contributed by atoms with van der Waals surface area (Å²) in [5.74, 6) is 0. The Hall–Kier alpha value is -1.77. The number of pyridine rings is 1. The van der Waals surface area contributed by atoms with Crippen molar-refractivity contribution in [3.63, 3.8) is 0 Å². The van der Waals surface area contributed by atoms with E-state index in [1.165, 1.54) is 20.3 Å². The molecule has 0 spiro atoms. The van der Waals surface area contributed by atoms with E-state index in [1.807, 2.05) is 35.5 Å². The summed E-state index contributed by atoms with van der Waals surface area (Å²) < 4.78 is 3.59. The van der Waals surface area contributed by atoms with Gasteiger partial charge in [-0.1, -0.05) is 48.1 Å². The van der Waals surface area contributed by atoms with Gasteiger partial charge in [0.2, 0.25) is 0 Å². The Morgan fingerprint density at radius 3 is 2.77 bits per heavy atom. The molecule has 1 aliphatic rings. The fourth-order valence-corrected chi connectivity index (χ4v) is 6.13. The van der Waals surface area contributed by atoms with Gasteiger partial charge in [0.25, 0.3) is 5.56 Å². The van der Waals surface area contributed by atoms with Gasteiger partial charge < -0.3 is 9.67 Å². The first-order valence-corrected chi connectivity index (χ1v) is 13.8. The Kier molecular flexibility index (Phi) is 6.79. The highest BCUT2D eigenvalue weighted by atomic mass is 127. The summed E-state index contributed by atoms with van der Waals surface area (Å²) in [5, 5.41) is 10.7. The predicted molar refractivity (Wildman–Crippen MR) is 140 cm³/mol. The number of benzene rings is 1. The second-order valence-corrected chi connectivity index (χ2v) is 10.1. The maximum Gasteiger partial charge on any atom is 0.275 e. The zero-order valence-electron chi connectivity index (χ0n) is 17.8. The van der Waals surface area contributed by atoms with E-state index in [-0.39, 0.29) is 17.6 Å². The number of fused-ring (bicyclic) bond motifs is 1. The second-order valence-electron chi connectivity index (χ2n) is 8.40. The molecule has 0 radical (unpaired) electrons. The second kappa shape index (κ2) is 9.38. The lowest BCUT2D eigenvalue weighted by Crippen LogP contribution is -2.23. The molecular formula is C25H27IN2O2S. The van der Waals surface area contributed by atoms with Crippen molar-refractivity contribution in [1.29, 1.82) is 0 Å². The van der Waals surface area contributed by atoms with Crippen LogP contribution >= 0.6 is 30.3 Å². The van der Waals surface area contributed by atoms with E-state index in [4.69, 9.17) is 0 Å². The maximum absolute atomic E-state index is 12.7. The monoisotopic (exact) mass is 546 g/mol. The van der Waals surface area contributed by atoms with Gasteiger partial charge in [0.1, 0.15) is 5.52 Å². The zero-order chi connectivity index (χ0) is 22.0. The molecule has 1 atom stereocenters. The number of nitrogens with zero attached hydrogens (tertiary/aromatic N) is 2. The summed E-state index contributed by atoms with van der Waals surface area (Å²) in [6.45, 7) is 2.32. The largest absolute Gasteiger partial charge is 0.396 e. The smallest absolute Gasteiger partial charge is 0.275 e. The molecule has 2 aromatic heterocycles. The molecule has 2 heterocycles. The topological polar surface area (TPSA) is 47.2 Å². The SMILES string of the molecule is C/C(=C\C=C1\CCC(CCO)(c2ccccc2)C1)c1cn(C)c(=O)c2c1ccn2SI. The fourth-order valence-electron chi connectivity index (χ4n) is 4.80. The van der Waals surface area contributed by atoms with Gasteiger partial charge in [-0.2, -0.15) is 0 Å². The summed E-state index contributed by atoms with van der Waals surface area (Å²) in [5.41, 5.74) is 5.74. The number of aliphatic hydroxyl groups excluding tert-OH is 1. The highest BCUT2D eigenvalue weighted by molar-refractivity contribution is 14.2. The van der Waals surface area contributed by atoms with Crippen molar-refractivity contribution in [2.45, 2.75) is 38.0 Å². The first-order valence-electron chi connectivity index (χ1n) is 10.5. The molecule has 1 aromatic carbocycles. The van der Waals surface area contributed by atoms with Crippen LogP contribution in [0.4, 0.5) is 0 Å². The maximum atomic E-state index is 12.7. The number of halogens is 1. The van der Waals surface area contributed by atoms with Crippen LogP contribution in [0.3, 0.4) is 0 Å². The van der Waals surface area contributed by atoms with Crippen LogP contribution in [-0.2, 0) is 12.5 Å². The van der Waals surface area contributed by atoms with Crippen molar-refractivity contribution >= 4 is 46.8 Å². The molecular weight excluding hydrogens is 519 g/mol. The quantitative estimate of drug-likeness (QED) is 0.385. The molecule has 6 heteroatoms. The normalized spacial score (nSPS) is 20.8. The number of aryl methyl sites for hydroxylation is 1. The first-order chi connectivity index (χ1) is 15.0. The molecule has 1 fully saturated rings. The first kappa shape index (κ1) is 22.4. The number of hydrogen-bond donors (Lipinski definition) is 1. The number of aromatic nitrogens is 2. The Labute approximate surface area is 199 Å². The number of aliphatic hydroxyl groups is 1. The van der Waals surface area contributed by atoms with Crippen LogP contribution in [0.1, 0.15) is 43.7 Å². The molecule has 0 bridgehead atoms. The minimum atomic E-state index is 0.0199. The van der Waals surface area contributed by atoms with E-state index in [1.54, 1.807) is 4.57 Å².